The molecule has 0 aliphatic carbocycles. The molecule has 0 saturated heterocycles. The Bertz CT molecular complexity index is 345. The van der Waals surface area contributed by atoms with Crippen molar-refractivity contribution in [3.05, 3.63) is 22.7 Å². The van der Waals surface area contributed by atoms with Gasteiger partial charge in [0.1, 0.15) is 5.69 Å². The van der Waals surface area contributed by atoms with Crippen LogP contribution in [-0.4, -0.2) is 21.2 Å². The van der Waals surface area contributed by atoms with E-state index in [9.17, 15) is 10.1 Å². The second-order valence-electron chi connectivity index (χ2n) is 2.94. The predicted molar refractivity (Wildman–Crippen MR) is 53.1 cm³/mol. The first kappa shape index (κ1) is 10.5. The summed E-state index contributed by atoms with van der Waals surface area (Å²) in [7, 11) is 1.67. The van der Waals surface area contributed by atoms with Gasteiger partial charge in [0.05, 0.1) is 4.92 Å². The Morgan fingerprint density at radius 1 is 1.71 bits per heavy atom. The van der Waals surface area contributed by atoms with Crippen LogP contribution < -0.4 is 5.32 Å². The highest BCUT2D eigenvalue weighted by Crippen LogP contribution is 2.26. The Balaban J connectivity index is 3.05. The van der Waals surface area contributed by atoms with Crippen LogP contribution in [0.4, 0.5) is 11.5 Å². The minimum absolute atomic E-state index is 0.0425. The van der Waals surface area contributed by atoms with Crippen LogP contribution in [0.25, 0.3) is 0 Å². The number of nitro groups is 1. The van der Waals surface area contributed by atoms with Crippen molar-refractivity contribution in [3.8, 4) is 0 Å². The van der Waals surface area contributed by atoms with Crippen LogP contribution in [0.5, 0.6) is 0 Å². The van der Waals surface area contributed by atoms with Crippen LogP contribution in [0.2, 0.25) is 0 Å². The van der Waals surface area contributed by atoms with E-state index in [4.69, 9.17) is 0 Å². The number of aromatic nitrogens is 2. The SMILES string of the molecule is [CH2]CCNc1c([N+](=O)[O-])c(C)nn1C. The van der Waals surface area contributed by atoms with E-state index >= 15 is 0 Å². The lowest BCUT2D eigenvalue weighted by atomic mass is 10.4. The maximum atomic E-state index is 10.7. The molecule has 0 atom stereocenters. The number of nitrogens with one attached hydrogen (secondary N) is 1. The van der Waals surface area contributed by atoms with Crippen LogP contribution in [0.15, 0.2) is 0 Å². The Labute approximate surface area is 82.1 Å². The van der Waals surface area contributed by atoms with E-state index < -0.39 is 4.92 Å². The van der Waals surface area contributed by atoms with Gasteiger partial charge in [0.25, 0.3) is 0 Å². The molecule has 1 radical (unpaired) electrons. The lowest BCUT2D eigenvalue weighted by Gasteiger charge is -2.03. The maximum absolute atomic E-state index is 10.7. The number of aryl methyl sites for hydroxylation is 2. The van der Waals surface area contributed by atoms with Crippen molar-refractivity contribution in [1.29, 1.82) is 0 Å². The molecule has 0 aliphatic rings. The van der Waals surface area contributed by atoms with Gasteiger partial charge in [-0.1, -0.05) is 6.92 Å². The molecule has 1 aromatic heterocycles. The summed E-state index contributed by atoms with van der Waals surface area (Å²) in [5, 5.41) is 17.6. The smallest absolute Gasteiger partial charge is 0.333 e. The van der Waals surface area contributed by atoms with Crippen molar-refractivity contribution in [2.24, 2.45) is 7.05 Å². The Morgan fingerprint density at radius 3 is 2.86 bits per heavy atom. The largest absolute Gasteiger partial charge is 0.365 e. The molecule has 0 aromatic carbocycles. The summed E-state index contributed by atoms with van der Waals surface area (Å²) in [4.78, 5) is 10.3. The Hall–Kier alpha value is -1.59. The van der Waals surface area contributed by atoms with Gasteiger partial charge < -0.3 is 5.32 Å². The number of hydrogen-bond acceptors (Lipinski definition) is 4. The molecule has 0 spiro atoms. The fraction of sp³-hybridized carbons (Fsp3) is 0.500. The molecule has 1 aromatic rings. The van der Waals surface area contributed by atoms with Crippen LogP contribution in [-0.2, 0) is 7.05 Å². The predicted octanol–water partition coefficient (Wildman–Crippen LogP) is 1.27. The molecule has 77 valence electrons. The quantitative estimate of drug-likeness (QED) is 0.582. The summed E-state index contributed by atoms with van der Waals surface area (Å²) in [5.74, 6) is 0.441. The Kier molecular flexibility index (Phi) is 3.06. The van der Waals surface area contributed by atoms with E-state index in [1.54, 1.807) is 14.0 Å². The first-order valence-electron chi connectivity index (χ1n) is 4.29. The average Bonchev–Trinajstić information content (AvgIpc) is 2.37. The van der Waals surface area contributed by atoms with Crippen molar-refractivity contribution >= 4 is 11.5 Å². The number of rotatable bonds is 4. The zero-order valence-electron chi connectivity index (χ0n) is 8.28. The fourth-order valence-corrected chi connectivity index (χ4v) is 1.27. The van der Waals surface area contributed by atoms with Crippen LogP contribution >= 0.6 is 0 Å². The molecule has 0 bridgehead atoms. The number of hydrogen-bond donors (Lipinski definition) is 1. The molecule has 6 heteroatoms. The van der Waals surface area contributed by atoms with Gasteiger partial charge in [-0.2, -0.15) is 5.10 Å². The number of anilines is 1. The first-order valence-corrected chi connectivity index (χ1v) is 4.29. The summed E-state index contributed by atoms with van der Waals surface area (Å²) in [6.45, 7) is 5.87. The topological polar surface area (TPSA) is 73.0 Å². The van der Waals surface area contributed by atoms with E-state index in [0.29, 0.717) is 24.5 Å². The van der Waals surface area contributed by atoms with Gasteiger partial charge in [0.15, 0.2) is 0 Å². The van der Waals surface area contributed by atoms with Crippen molar-refractivity contribution in [3.63, 3.8) is 0 Å². The van der Waals surface area contributed by atoms with Crippen LogP contribution in [0.1, 0.15) is 12.1 Å². The van der Waals surface area contributed by atoms with Crippen LogP contribution in [0.3, 0.4) is 0 Å². The lowest BCUT2D eigenvalue weighted by Crippen LogP contribution is -2.07. The molecular formula is C8H13N4O2. The second-order valence-corrected chi connectivity index (χ2v) is 2.94. The third kappa shape index (κ3) is 1.84. The number of nitrogens with zero attached hydrogens (tertiary/aromatic N) is 3. The van der Waals surface area contributed by atoms with Gasteiger partial charge in [0, 0.05) is 13.6 Å². The second kappa shape index (κ2) is 4.08. The molecule has 1 heterocycles. The van der Waals surface area contributed by atoms with E-state index in [1.807, 2.05) is 0 Å². The van der Waals surface area contributed by atoms with Gasteiger partial charge in [-0.3, -0.25) is 10.1 Å². The van der Waals surface area contributed by atoms with E-state index in [2.05, 4.69) is 17.3 Å². The molecule has 1 N–H and O–H groups in total. The van der Waals surface area contributed by atoms with Gasteiger partial charge in [0.2, 0.25) is 5.82 Å². The van der Waals surface area contributed by atoms with E-state index in [-0.39, 0.29) is 5.69 Å². The summed E-state index contributed by atoms with van der Waals surface area (Å²) < 4.78 is 1.48. The van der Waals surface area contributed by atoms with Crippen molar-refractivity contribution in [2.75, 3.05) is 11.9 Å². The zero-order chi connectivity index (χ0) is 10.7. The molecule has 0 fully saturated rings. The summed E-state index contributed by atoms with van der Waals surface area (Å²) in [5.41, 5.74) is 0.463. The summed E-state index contributed by atoms with van der Waals surface area (Å²) >= 11 is 0. The van der Waals surface area contributed by atoms with Gasteiger partial charge >= 0.3 is 5.69 Å². The summed E-state index contributed by atoms with van der Waals surface area (Å²) in [6, 6.07) is 0. The zero-order valence-corrected chi connectivity index (χ0v) is 8.28. The molecular weight excluding hydrogens is 184 g/mol. The minimum atomic E-state index is -0.423. The van der Waals surface area contributed by atoms with Gasteiger partial charge in [-0.15, -0.1) is 0 Å². The van der Waals surface area contributed by atoms with Crippen LogP contribution in [0, 0.1) is 24.0 Å². The Morgan fingerprint density at radius 2 is 2.36 bits per heavy atom. The highest BCUT2D eigenvalue weighted by molar-refractivity contribution is 5.59. The maximum Gasteiger partial charge on any atom is 0.333 e. The highest BCUT2D eigenvalue weighted by Gasteiger charge is 2.23. The molecule has 0 amide bonds. The van der Waals surface area contributed by atoms with Gasteiger partial charge in [-0.25, -0.2) is 4.68 Å². The van der Waals surface area contributed by atoms with E-state index in [0.717, 1.165) is 0 Å². The average molecular weight is 197 g/mol. The lowest BCUT2D eigenvalue weighted by molar-refractivity contribution is -0.384. The van der Waals surface area contributed by atoms with Crippen molar-refractivity contribution in [1.82, 2.24) is 9.78 Å². The highest BCUT2D eigenvalue weighted by atomic mass is 16.6. The normalized spacial score (nSPS) is 10.2. The molecule has 0 saturated carbocycles. The molecule has 0 unspecified atom stereocenters. The van der Waals surface area contributed by atoms with E-state index in [1.165, 1.54) is 4.68 Å². The third-order valence-electron chi connectivity index (χ3n) is 1.84. The molecule has 0 aliphatic heterocycles. The first-order chi connectivity index (χ1) is 6.57. The minimum Gasteiger partial charge on any atom is -0.365 e. The monoisotopic (exact) mass is 197 g/mol. The summed E-state index contributed by atoms with van der Waals surface area (Å²) in [6.07, 6.45) is 0.668. The molecule has 1 rings (SSSR count). The standard InChI is InChI=1S/C8H13N4O2/c1-4-5-9-8-7(12(13)14)6(2)10-11(8)3/h9H,1,4-5H2,2-3H3. The van der Waals surface area contributed by atoms with Crippen molar-refractivity contribution in [2.45, 2.75) is 13.3 Å². The van der Waals surface area contributed by atoms with Crippen molar-refractivity contribution < 1.29 is 4.92 Å². The molecule has 6 nitrogen and oxygen atoms in total. The fourth-order valence-electron chi connectivity index (χ4n) is 1.27. The van der Waals surface area contributed by atoms with Gasteiger partial charge in [-0.05, 0) is 13.3 Å². The third-order valence-corrected chi connectivity index (χ3v) is 1.84. The molecule has 14 heavy (non-hydrogen) atoms.